The molecule has 0 amide bonds. The second-order valence-corrected chi connectivity index (χ2v) is 6.09. The zero-order valence-corrected chi connectivity index (χ0v) is 14.3. The molecule has 0 unspecified atom stereocenters. The first-order chi connectivity index (χ1) is 10.4. The average Bonchev–Trinajstić information content (AvgIpc) is 2.64. The van der Waals surface area contributed by atoms with Gasteiger partial charge in [0.2, 0.25) is 0 Å². The third-order valence-corrected chi connectivity index (χ3v) is 4.05. The van der Waals surface area contributed by atoms with Crippen molar-refractivity contribution in [2.45, 2.75) is 27.2 Å². The Morgan fingerprint density at radius 2 is 2.00 bits per heavy atom. The summed E-state index contributed by atoms with van der Waals surface area (Å²) < 4.78 is 0. The minimum Gasteiger partial charge on any atom is -0.381 e. The van der Waals surface area contributed by atoms with Crippen molar-refractivity contribution in [3.8, 4) is 0 Å². The van der Waals surface area contributed by atoms with Crippen molar-refractivity contribution in [2.24, 2.45) is 0 Å². The zero-order valence-electron chi connectivity index (χ0n) is 14.3. The summed E-state index contributed by atoms with van der Waals surface area (Å²) in [5.74, 6) is 0. The molecule has 0 fully saturated rings. The van der Waals surface area contributed by atoms with E-state index >= 15 is 0 Å². The van der Waals surface area contributed by atoms with Gasteiger partial charge >= 0.3 is 0 Å². The molecular formula is C20H26N2. The minimum atomic E-state index is 0.977. The lowest BCUT2D eigenvalue weighted by molar-refractivity contribution is 0.514. The van der Waals surface area contributed by atoms with Crippen LogP contribution in [-0.2, 0) is 0 Å². The molecule has 0 saturated carbocycles. The molecule has 22 heavy (non-hydrogen) atoms. The summed E-state index contributed by atoms with van der Waals surface area (Å²) in [7, 11) is 4.11. The Morgan fingerprint density at radius 1 is 1.27 bits per heavy atom. The number of fused-ring (bicyclic) bond motifs is 1. The maximum Gasteiger partial charge on any atom is 0.0464 e. The number of rotatable bonds is 3. The fourth-order valence-electron chi connectivity index (χ4n) is 2.51. The molecule has 0 aromatic carbocycles. The molecular weight excluding hydrogens is 268 g/mol. The molecule has 0 aliphatic heterocycles. The van der Waals surface area contributed by atoms with Gasteiger partial charge in [-0.15, -0.1) is 0 Å². The van der Waals surface area contributed by atoms with Crippen LogP contribution in [0.3, 0.4) is 0 Å². The molecule has 1 aromatic rings. The van der Waals surface area contributed by atoms with Gasteiger partial charge in [-0.2, -0.15) is 0 Å². The highest BCUT2D eigenvalue weighted by Gasteiger charge is 2.09. The molecule has 0 saturated heterocycles. The molecule has 0 bridgehead atoms. The molecule has 0 atom stereocenters. The van der Waals surface area contributed by atoms with E-state index < -0.39 is 0 Å². The Hall–Kier alpha value is -2.22. The van der Waals surface area contributed by atoms with Crippen molar-refractivity contribution in [2.75, 3.05) is 14.1 Å². The summed E-state index contributed by atoms with van der Waals surface area (Å²) in [6.45, 7) is 10.6. The van der Waals surface area contributed by atoms with E-state index in [1.807, 2.05) is 0 Å². The Kier molecular flexibility index (Phi) is 4.92. The Morgan fingerprint density at radius 3 is 2.68 bits per heavy atom. The summed E-state index contributed by atoms with van der Waals surface area (Å²) in [6.07, 6.45) is 14.1. The van der Waals surface area contributed by atoms with Crippen molar-refractivity contribution < 1.29 is 0 Å². The third kappa shape index (κ3) is 3.51. The molecule has 116 valence electrons. The van der Waals surface area contributed by atoms with E-state index in [1.54, 1.807) is 0 Å². The highest BCUT2D eigenvalue weighted by Crippen LogP contribution is 2.18. The van der Waals surface area contributed by atoms with Crippen molar-refractivity contribution in [1.82, 2.24) is 9.88 Å². The van der Waals surface area contributed by atoms with Crippen molar-refractivity contribution in [3.63, 3.8) is 0 Å². The molecule has 2 nitrogen and oxygen atoms in total. The first-order valence-corrected chi connectivity index (χ1v) is 7.69. The number of nitrogens with zero attached hydrogens (tertiary/aromatic N) is 1. The second-order valence-electron chi connectivity index (χ2n) is 6.09. The average molecular weight is 294 g/mol. The predicted octanol–water partition coefficient (Wildman–Crippen LogP) is 3.44. The van der Waals surface area contributed by atoms with Crippen LogP contribution in [0, 0.1) is 0 Å². The van der Waals surface area contributed by atoms with E-state index in [0.29, 0.717) is 0 Å². The van der Waals surface area contributed by atoms with E-state index in [9.17, 15) is 0 Å². The quantitative estimate of drug-likeness (QED) is 0.846. The van der Waals surface area contributed by atoms with Crippen LogP contribution in [0.5, 0.6) is 0 Å². The Balaban J connectivity index is 2.52. The number of aromatic amines is 1. The van der Waals surface area contributed by atoms with Crippen molar-refractivity contribution >= 4 is 24.3 Å². The van der Waals surface area contributed by atoms with Gasteiger partial charge in [0.25, 0.3) is 0 Å². The molecule has 2 heteroatoms. The molecule has 0 radical (unpaired) electrons. The number of nitrogens with one attached hydrogen (secondary N) is 1. The van der Waals surface area contributed by atoms with Gasteiger partial charge in [0.15, 0.2) is 0 Å². The van der Waals surface area contributed by atoms with Crippen LogP contribution < -0.4 is 10.6 Å². The molecule has 2 rings (SSSR count). The molecule has 1 N–H and O–H groups in total. The maximum absolute atomic E-state index is 4.17. The number of hydrogen-bond donors (Lipinski definition) is 1. The lowest BCUT2D eigenvalue weighted by Gasteiger charge is -2.11. The van der Waals surface area contributed by atoms with E-state index in [4.69, 9.17) is 0 Å². The summed E-state index contributed by atoms with van der Waals surface area (Å²) in [6, 6.07) is 0. The lowest BCUT2D eigenvalue weighted by atomic mass is 10.0. The van der Waals surface area contributed by atoms with Crippen LogP contribution in [0.4, 0.5) is 0 Å². The van der Waals surface area contributed by atoms with Gasteiger partial charge in [-0.1, -0.05) is 30.4 Å². The SMILES string of the molecule is C=c1[nH]c2c(\c1=C/C(C)=C/C=C(\C)N(C)C)C(C)=CCC=C2. The smallest absolute Gasteiger partial charge is 0.0464 e. The second kappa shape index (κ2) is 6.69. The number of H-pyrrole nitrogens is 1. The van der Waals surface area contributed by atoms with Crippen LogP contribution in [0.2, 0.25) is 0 Å². The van der Waals surface area contributed by atoms with Gasteiger partial charge < -0.3 is 9.88 Å². The van der Waals surface area contributed by atoms with Gasteiger partial charge in [-0.05, 0) is 51.0 Å². The van der Waals surface area contributed by atoms with Crippen LogP contribution in [0.15, 0.2) is 35.6 Å². The highest BCUT2D eigenvalue weighted by molar-refractivity contribution is 5.75. The van der Waals surface area contributed by atoms with E-state index in [2.05, 4.69) is 87.8 Å². The largest absolute Gasteiger partial charge is 0.381 e. The molecule has 1 heterocycles. The van der Waals surface area contributed by atoms with E-state index in [-0.39, 0.29) is 0 Å². The lowest BCUT2D eigenvalue weighted by Crippen LogP contribution is -2.23. The first-order valence-electron chi connectivity index (χ1n) is 7.69. The summed E-state index contributed by atoms with van der Waals surface area (Å²) in [5.41, 5.74) is 6.20. The molecule has 0 spiro atoms. The maximum atomic E-state index is 4.17. The third-order valence-electron chi connectivity index (χ3n) is 4.05. The van der Waals surface area contributed by atoms with Crippen molar-refractivity contribution in [3.05, 3.63) is 57.4 Å². The fourth-order valence-corrected chi connectivity index (χ4v) is 2.51. The number of allylic oxidation sites excluding steroid dienone is 7. The summed E-state index contributed by atoms with van der Waals surface area (Å²) >= 11 is 0. The topological polar surface area (TPSA) is 19.0 Å². The number of aromatic nitrogens is 1. The van der Waals surface area contributed by atoms with Gasteiger partial charge in [0.05, 0.1) is 0 Å². The first kappa shape index (κ1) is 16.2. The van der Waals surface area contributed by atoms with E-state index in [0.717, 1.165) is 17.5 Å². The van der Waals surface area contributed by atoms with Crippen molar-refractivity contribution in [1.29, 1.82) is 0 Å². The standard InChI is InChI=1S/C20H26N2/c1-14(11-12-16(3)22(5)6)13-18-17(4)21-19-10-8-7-9-15(2)20(18)19/h8-13,21H,4,7H2,1-3,5-6H3/b14-11+,16-12+,18-13-. The number of hydrogen-bond acceptors (Lipinski definition) is 1. The Bertz CT molecular complexity index is 780. The van der Waals surface area contributed by atoms with Gasteiger partial charge in [-0.3, -0.25) is 0 Å². The minimum absolute atomic E-state index is 0.977. The van der Waals surface area contributed by atoms with Crippen LogP contribution in [0.25, 0.3) is 24.3 Å². The van der Waals surface area contributed by atoms with Crippen LogP contribution in [0.1, 0.15) is 38.4 Å². The van der Waals surface area contributed by atoms with Gasteiger partial charge in [0, 0.05) is 41.6 Å². The normalized spacial score (nSPS) is 16.4. The molecule has 1 aliphatic rings. The summed E-state index contributed by atoms with van der Waals surface area (Å²) in [4.78, 5) is 5.51. The highest BCUT2D eigenvalue weighted by atomic mass is 15.1. The van der Waals surface area contributed by atoms with Gasteiger partial charge in [-0.25, -0.2) is 0 Å². The van der Waals surface area contributed by atoms with Crippen LogP contribution >= 0.6 is 0 Å². The van der Waals surface area contributed by atoms with Gasteiger partial charge in [0.1, 0.15) is 0 Å². The monoisotopic (exact) mass is 294 g/mol. The molecule has 1 aromatic heterocycles. The van der Waals surface area contributed by atoms with Crippen LogP contribution in [-0.4, -0.2) is 24.0 Å². The molecule has 1 aliphatic carbocycles. The van der Waals surface area contributed by atoms with E-state index in [1.165, 1.54) is 27.6 Å². The fraction of sp³-hybridized carbons (Fsp3) is 0.300. The zero-order chi connectivity index (χ0) is 16.3. The summed E-state index contributed by atoms with van der Waals surface area (Å²) in [5, 5.41) is 2.17. The Labute approximate surface area is 133 Å². The predicted molar refractivity (Wildman–Crippen MR) is 98.5 cm³/mol.